The lowest BCUT2D eigenvalue weighted by molar-refractivity contribution is 0.571. The molecule has 1 heterocycles. The zero-order valence-corrected chi connectivity index (χ0v) is 13.5. The van der Waals surface area contributed by atoms with E-state index in [1.54, 1.807) is 23.5 Å². The highest BCUT2D eigenvalue weighted by atomic mass is 79.9. The molecule has 2 rings (SSSR count). The summed E-state index contributed by atoms with van der Waals surface area (Å²) >= 11 is 4.82. The molecule has 0 amide bonds. The molecule has 1 aromatic heterocycles. The van der Waals surface area contributed by atoms with Crippen LogP contribution in [-0.4, -0.2) is 4.98 Å². The maximum absolute atomic E-state index is 13.1. The SMILES string of the molecule is CC(C)(C)c1csc(CNc2ccc(F)c(Br)c2)n1. The first-order valence-electron chi connectivity index (χ1n) is 6.00. The molecule has 0 spiro atoms. The molecule has 19 heavy (non-hydrogen) atoms. The third kappa shape index (κ3) is 3.76. The quantitative estimate of drug-likeness (QED) is 0.853. The number of benzene rings is 1. The molecule has 2 nitrogen and oxygen atoms in total. The van der Waals surface area contributed by atoms with E-state index in [0.29, 0.717) is 11.0 Å². The first-order valence-corrected chi connectivity index (χ1v) is 7.67. The topological polar surface area (TPSA) is 24.9 Å². The smallest absolute Gasteiger partial charge is 0.137 e. The standard InChI is InChI=1S/C14H16BrFN2S/c1-14(2,3)12-8-19-13(18-12)7-17-9-4-5-11(16)10(15)6-9/h4-6,8,17H,7H2,1-3H3. The number of nitrogens with zero attached hydrogens (tertiary/aromatic N) is 1. The molecule has 102 valence electrons. The Labute approximate surface area is 125 Å². The van der Waals surface area contributed by atoms with Crippen LogP contribution in [0.3, 0.4) is 0 Å². The lowest BCUT2D eigenvalue weighted by Gasteiger charge is -2.14. The fraction of sp³-hybridized carbons (Fsp3) is 0.357. The molecule has 2 aromatic rings. The summed E-state index contributed by atoms with van der Waals surface area (Å²) in [7, 11) is 0. The molecule has 1 N–H and O–H groups in total. The summed E-state index contributed by atoms with van der Waals surface area (Å²) in [4.78, 5) is 4.61. The summed E-state index contributed by atoms with van der Waals surface area (Å²) in [6.45, 7) is 7.10. The third-order valence-electron chi connectivity index (χ3n) is 2.68. The van der Waals surface area contributed by atoms with Gasteiger partial charge >= 0.3 is 0 Å². The van der Waals surface area contributed by atoms with Crippen LogP contribution in [0, 0.1) is 5.82 Å². The van der Waals surface area contributed by atoms with Crippen LogP contribution in [0.25, 0.3) is 0 Å². The first kappa shape index (κ1) is 14.5. The Hall–Kier alpha value is -0.940. The van der Waals surface area contributed by atoms with E-state index in [-0.39, 0.29) is 11.2 Å². The fourth-order valence-electron chi connectivity index (χ4n) is 1.52. The highest BCUT2D eigenvalue weighted by Crippen LogP contribution is 2.25. The molecule has 0 saturated carbocycles. The Kier molecular flexibility index (Phi) is 4.26. The van der Waals surface area contributed by atoms with Gasteiger partial charge in [0.05, 0.1) is 16.7 Å². The number of anilines is 1. The van der Waals surface area contributed by atoms with E-state index in [4.69, 9.17) is 0 Å². The van der Waals surface area contributed by atoms with Gasteiger partial charge in [0.1, 0.15) is 10.8 Å². The van der Waals surface area contributed by atoms with E-state index < -0.39 is 0 Å². The maximum Gasteiger partial charge on any atom is 0.137 e. The summed E-state index contributed by atoms with van der Waals surface area (Å²) in [5.74, 6) is -0.255. The van der Waals surface area contributed by atoms with Gasteiger partial charge in [-0.1, -0.05) is 20.8 Å². The highest BCUT2D eigenvalue weighted by Gasteiger charge is 2.17. The second-order valence-corrected chi connectivity index (χ2v) is 7.16. The second-order valence-electron chi connectivity index (χ2n) is 5.36. The number of thiazole rings is 1. The number of nitrogens with one attached hydrogen (secondary N) is 1. The summed E-state index contributed by atoms with van der Waals surface area (Å²) in [5.41, 5.74) is 2.06. The summed E-state index contributed by atoms with van der Waals surface area (Å²) in [6, 6.07) is 4.89. The molecule has 1 aromatic carbocycles. The number of halogens is 2. The van der Waals surface area contributed by atoms with Crippen molar-refractivity contribution in [3.8, 4) is 0 Å². The Morgan fingerprint density at radius 2 is 2.11 bits per heavy atom. The number of hydrogen-bond acceptors (Lipinski definition) is 3. The van der Waals surface area contributed by atoms with E-state index in [1.807, 2.05) is 0 Å². The Balaban J connectivity index is 2.02. The van der Waals surface area contributed by atoms with Gasteiger partial charge in [-0.2, -0.15) is 0 Å². The van der Waals surface area contributed by atoms with Gasteiger partial charge in [0.15, 0.2) is 0 Å². The molecular weight excluding hydrogens is 327 g/mol. The van der Waals surface area contributed by atoms with Crippen LogP contribution in [0.5, 0.6) is 0 Å². The first-order chi connectivity index (χ1) is 8.86. The molecule has 0 fully saturated rings. The number of rotatable bonds is 3. The zero-order chi connectivity index (χ0) is 14.0. The number of aromatic nitrogens is 1. The Bertz CT molecular complexity index is 575. The van der Waals surface area contributed by atoms with Gasteiger partial charge in [0, 0.05) is 16.5 Å². The predicted molar refractivity (Wildman–Crippen MR) is 82.2 cm³/mol. The monoisotopic (exact) mass is 342 g/mol. The van der Waals surface area contributed by atoms with E-state index in [2.05, 4.69) is 52.4 Å². The van der Waals surface area contributed by atoms with Gasteiger partial charge in [-0.3, -0.25) is 0 Å². The highest BCUT2D eigenvalue weighted by molar-refractivity contribution is 9.10. The fourth-order valence-corrected chi connectivity index (χ4v) is 2.86. The normalized spacial score (nSPS) is 11.6. The number of hydrogen-bond donors (Lipinski definition) is 1. The van der Waals surface area contributed by atoms with E-state index in [1.165, 1.54) is 6.07 Å². The molecule has 0 atom stereocenters. The summed E-state index contributed by atoms with van der Waals surface area (Å²) < 4.78 is 13.6. The van der Waals surface area contributed by atoms with Crippen molar-refractivity contribution >= 4 is 33.0 Å². The molecule has 0 bridgehead atoms. The van der Waals surface area contributed by atoms with Crippen molar-refractivity contribution in [1.29, 1.82) is 0 Å². The van der Waals surface area contributed by atoms with Crippen LogP contribution in [0.1, 0.15) is 31.5 Å². The summed E-state index contributed by atoms with van der Waals surface area (Å²) in [6.07, 6.45) is 0. The zero-order valence-electron chi connectivity index (χ0n) is 11.1. The van der Waals surface area contributed by atoms with Gasteiger partial charge in [0.25, 0.3) is 0 Å². The van der Waals surface area contributed by atoms with Gasteiger partial charge < -0.3 is 5.32 Å². The molecule has 0 unspecified atom stereocenters. The minimum absolute atomic E-state index is 0.0770. The second kappa shape index (κ2) is 5.59. The van der Waals surface area contributed by atoms with Crippen molar-refractivity contribution in [3.63, 3.8) is 0 Å². The van der Waals surface area contributed by atoms with Gasteiger partial charge in [-0.15, -0.1) is 11.3 Å². The van der Waals surface area contributed by atoms with Gasteiger partial charge in [0.2, 0.25) is 0 Å². The lowest BCUT2D eigenvalue weighted by Crippen LogP contribution is -2.11. The predicted octanol–water partition coefficient (Wildman–Crippen LogP) is 4.95. The largest absolute Gasteiger partial charge is 0.378 e. The van der Waals surface area contributed by atoms with Crippen LogP contribution in [0.4, 0.5) is 10.1 Å². The van der Waals surface area contributed by atoms with Crippen LogP contribution < -0.4 is 5.32 Å². The van der Waals surface area contributed by atoms with Crippen LogP contribution in [0.15, 0.2) is 28.1 Å². The van der Waals surface area contributed by atoms with Crippen LogP contribution in [0.2, 0.25) is 0 Å². The molecule has 0 aliphatic rings. The Morgan fingerprint density at radius 1 is 1.37 bits per heavy atom. The Morgan fingerprint density at radius 3 is 2.68 bits per heavy atom. The van der Waals surface area contributed by atoms with Crippen molar-refractivity contribution < 1.29 is 4.39 Å². The third-order valence-corrected chi connectivity index (χ3v) is 4.14. The molecular formula is C14H16BrFN2S. The van der Waals surface area contributed by atoms with Crippen molar-refractivity contribution in [2.75, 3.05) is 5.32 Å². The minimum atomic E-state index is -0.255. The van der Waals surface area contributed by atoms with E-state index >= 15 is 0 Å². The van der Waals surface area contributed by atoms with Crippen molar-refractivity contribution in [3.05, 3.63) is 44.6 Å². The van der Waals surface area contributed by atoms with Crippen LogP contribution >= 0.6 is 27.3 Å². The van der Waals surface area contributed by atoms with E-state index in [0.717, 1.165) is 16.4 Å². The average Bonchev–Trinajstić information content (AvgIpc) is 2.79. The van der Waals surface area contributed by atoms with Gasteiger partial charge in [-0.05, 0) is 34.1 Å². The van der Waals surface area contributed by atoms with Gasteiger partial charge in [-0.25, -0.2) is 9.37 Å². The molecule has 0 aliphatic carbocycles. The van der Waals surface area contributed by atoms with Crippen molar-refractivity contribution in [2.45, 2.75) is 32.7 Å². The molecule has 0 radical (unpaired) electrons. The lowest BCUT2D eigenvalue weighted by atomic mass is 9.93. The molecule has 0 aliphatic heterocycles. The average molecular weight is 343 g/mol. The van der Waals surface area contributed by atoms with Crippen molar-refractivity contribution in [1.82, 2.24) is 4.98 Å². The van der Waals surface area contributed by atoms with Crippen molar-refractivity contribution in [2.24, 2.45) is 0 Å². The summed E-state index contributed by atoms with van der Waals surface area (Å²) in [5, 5.41) is 6.37. The molecule has 5 heteroatoms. The minimum Gasteiger partial charge on any atom is -0.378 e. The van der Waals surface area contributed by atoms with E-state index in [9.17, 15) is 4.39 Å². The molecule has 0 saturated heterocycles. The maximum atomic E-state index is 13.1. The van der Waals surface area contributed by atoms with Crippen LogP contribution in [-0.2, 0) is 12.0 Å².